The fourth-order valence-corrected chi connectivity index (χ4v) is 3.85. The average Bonchev–Trinajstić information content (AvgIpc) is 2.96. The minimum absolute atomic E-state index is 0. The second kappa shape index (κ2) is 11.6. The number of hydrogen-bond acceptors (Lipinski definition) is 4. The molecular formula is C25H25FNNaO4. The molecule has 7 heteroatoms. The van der Waals surface area contributed by atoms with Crippen LogP contribution in [0, 0.1) is 19.7 Å². The van der Waals surface area contributed by atoms with Crippen molar-refractivity contribution in [3.63, 3.8) is 0 Å². The fraction of sp³-hybridized carbons (Fsp3) is 0.240. The average molecular weight is 445 g/mol. The van der Waals surface area contributed by atoms with E-state index in [1.165, 1.54) is 18.2 Å². The van der Waals surface area contributed by atoms with Gasteiger partial charge in [-0.15, -0.1) is 0 Å². The van der Waals surface area contributed by atoms with Crippen LogP contribution in [0.2, 0.25) is 0 Å². The van der Waals surface area contributed by atoms with Crippen molar-refractivity contribution in [2.24, 2.45) is 0 Å². The zero-order valence-corrected chi connectivity index (χ0v) is 20.5. The minimum atomic E-state index is -1.37. The van der Waals surface area contributed by atoms with Gasteiger partial charge >= 0.3 is 29.6 Å². The van der Waals surface area contributed by atoms with Crippen molar-refractivity contribution in [2.75, 3.05) is 0 Å². The third-order valence-corrected chi connectivity index (χ3v) is 5.24. The van der Waals surface area contributed by atoms with E-state index < -0.39 is 24.6 Å². The first-order chi connectivity index (χ1) is 14.8. The molecule has 0 radical (unpaired) electrons. The molecule has 162 valence electrons. The van der Waals surface area contributed by atoms with Crippen LogP contribution in [0.15, 0.2) is 60.7 Å². The van der Waals surface area contributed by atoms with E-state index in [1.807, 2.05) is 44.2 Å². The van der Waals surface area contributed by atoms with Crippen LogP contribution in [0.5, 0.6) is 0 Å². The van der Waals surface area contributed by atoms with E-state index in [-0.39, 0.29) is 41.8 Å². The number of rotatable bonds is 8. The van der Waals surface area contributed by atoms with Crippen molar-refractivity contribution in [3.05, 3.63) is 83.4 Å². The van der Waals surface area contributed by atoms with Crippen LogP contribution in [-0.4, -0.2) is 33.0 Å². The number of carboxylic acids is 1. The van der Waals surface area contributed by atoms with Gasteiger partial charge in [0.15, 0.2) is 0 Å². The summed E-state index contributed by atoms with van der Waals surface area (Å²) in [4.78, 5) is 10.6. The van der Waals surface area contributed by atoms with E-state index in [0.717, 1.165) is 33.8 Å². The van der Waals surface area contributed by atoms with E-state index in [4.69, 9.17) is 0 Å². The number of hydrogen-bond donors (Lipinski definition) is 2. The Hall–Kier alpha value is -2.22. The van der Waals surface area contributed by atoms with Gasteiger partial charge in [-0.25, -0.2) is 4.39 Å². The third kappa shape index (κ3) is 6.18. The smallest absolute Gasteiger partial charge is 0.550 e. The summed E-state index contributed by atoms with van der Waals surface area (Å²) >= 11 is 0. The van der Waals surface area contributed by atoms with Gasteiger partial charge in [-0.2, -0.15) is 0 Å². The Morgan fingerprint density at radius 2 is 1.69 bits per heavy atom. The number of aliphatic hydroxyl groups is 2. The summed E-state index contributed by atoms with van der Waals surface area (Å²) in [7, 11) is 0. The van der Waals surface area contributed by atoms with Gasteiger partial charge in [-0.1, -0.05) is 42.5 Å². The van der Waals surface area contributed by atoms with Gasteiger partial charge in [0.25, 0.3) is 0 Å². The topological polar surface area (TPSA) is 85.5 Å². The number of benzene rings is 2. The standard InChI is InChI=1S/C25H26FNO4.Na/c1-16-23(13-12-21(28)14-22(29)15-24(30)31)25(18-8-10-19(26)11-9-18)17(2)27(16)20-6-4-3-5-7-20;/h3-13,21-22,28-29H,14-15H2,1-2H3,(H,30,31);/q;+1/p-1/b13-12+;/t21-,22+;/m1./s1. The van der Waals surface area contributed by atoms with Gasteiger partial charge in [0.1, 0.15) is 5.82 Å². The second-order valence-corrected chi connectivity index (χ2v) is 7.53. The maximum Gasteiger partial charge on any atom is 1.00 e. The van der Waals surface area contributed by atoms with E-state index in [2.05, 4.69) is 4.57 Å². The summed E-state index contributed by atoms with van der Waals surface area (Å²) in [5.41, 5.74) is 5.46. The van der Waals surface area contributed by atoms with Crippen LogP contribution in [0.3, 0.4) is 0 Å². The van der Waals surface area contributed by atoms with Crippen LogP contribution < -0.4 is 34.7 Å². The van der Waals surface area contributed by atoms with E-state index >= 15 is 0 Å². The molecule has 2 N–H and O–H groups in total. The Bertz CT molecular complexity index is 1080. The number of aliphatic carboxylic acids is 1. The predicted octanol–water partition coefficient (Wildman–Crippen LogP) is 0.169. The Balaban J connectivity index is 0.00000363. The maximum atomic E-state index is 13.5. The van der Waals surface area contributed by atoms with Crippen LogP contribution in [0.4, 0.5) is 4.39 Å². The number of halogens is 1. The Labute approximate surface area is 209 Å². The molecule has 0 bridgehead atoms. The van der Waals surface area contributed by atoms with E-state index in [0.29, 0.717) is 0 Å². The molecule has 0 aliphatic carbocycles. The molecule has 0 saturated carbocycles. The largest absolute Gasteiger partial charge is 1.00 e. The summed E-state index contributed by atoms with van der Waals surface area (Å²) in [6.07, 6.45) is 0.412. The van der Waals surface area contributed by atoms with Crippen molar-refractivity contribution in [3.8, 4) is 16.8 Å². The van der Waals surface area contributed by atoms with Crippen molar-refractivity contribution in [2.45, 2.75) is 38.9 Å². The molecule has 32 heavy (non-hydrogen) atoms. The molecule has 1 aromatic heterocycles. The number of carbonyl (C=O) groups is 1. The molecule has 1 heterocycles. The van der Waals surface area contributed by atoms with Crippen molar-refractivity contribution in [1.29, 1.82) is 0 Å². The number of nitrogens with zero attached hydrogens (tertiary/aromatic N) is 1. The van der Waals surface area contributed by atoms with Crippen molar-refractivity contribution in [1.82, 2.24) is 4.57 Å². The number of carbonyl (C=O) groups excluding carboxylic acids is 1. The summed E-state index contributed by atoms with van der Waals surface area (Å²) < 4.78 is 15.6. The molecule has 2 atom stereocenters. The summed E-state index contributed by atoms with van der Waals surface area (Å²) in [5, 5.41) is 30.6. The first-order valence-electron chi connectivity index (χ1n) is 10.1. The molecule has 0 fully saturated rings. The number of para-hydroxylation sites is 1. The number of carboxylic acid groups (broad SMARTS) is 1. The molecule has 0 unspecified atom stereocenters. The van der Waals surface area contributed by atoms with E-state index in [1.54, 1.807) is 18.2 Å². The van der Waals surface area contributed by atoms with E-state index in [9.17, 15) is 24.5 Å². The molecule has 5 nitrogen and oxygen atoms in total. The SMILES string of the molecule is Cc1c(/C=C/[C@@H](O)C[C@H](O)CC(=O)[O-])c(-c2ccc(F)cc2)c(C)n1-c1ccccc1.[Na+]. The predicted molar refractivity (Wildman–Crippen MR) is 116 cm³/mol. The molecular weight excluding hydrogens is 420 g/mol. The summed E-state index contributed by atoms with van der Waals surface area (Å²) in [6.45, 7) is 3.94. The Morgan fingerprint density at radius 1 is 1.06 bits per heavy atom. The monoisotopic (exact) mass is 445 g/mol. The number of aromatic nitrogens is 1. The van der Waals surface area contributed by atoms with Crippen LogP contribution in [0.1, 0.15) is 29.8 Å². The molecule has 0 aliphatic heterocycles. The van der Waals surface area contributed by atoms with Crippen molar-refractivity contribution >= 4 is 12.0 Å². The van der Waals surface area contributed by atoms with Gasteiger partial charge in [-0.3, -0.25) is 0 Å². The Kier molecular flexibility index (Phi) is 9.43. The van der Waals surface area contributed by atoms with Gasteiger partial charge in [0.05, 0.1) is 12.2 Å². The minimum Gasteiger partial charge on any atom is -0.550 e. The molecule has 0 aliphatic rings. The van der Waals surface area contributed by atoms with Gasteiger partial charge in [0, 0.05) is 47.0 Å². The van der Waals surface area contributed by atoms with Gasteiger partial charge < -0.3 is 24.7 Å². The maximum absolute atomic E-state index is 13.5. The number of aliphatic hydroxyl groups excluding tert-OH is 2. The quantitative estimate of drug-likeness (QED) is 0.484. The second-order valence-electron chi connectivity index (χ2n) is 7.53. The third-order valence-electron chi connectivity index (χ3n) is 5.24. The fourth-order valence-electron chi connectivity index (χ4n) is 3.85. The first-order valence-corrected chi connectivity index (χ1v) is 10.1. The molecule has 3 aromatic rings. The zero-order valence-electron chi connectivity index (χ0n) is 18.5. The summed E-state index contributed by atoms with van der Waals surface area (Å²) in [5.74, 6) is -1.69. The van der Waals surface area contributed by atoms with Crippen LogP contribution in [0.25, 0.3) is 22.9 Å². The van der Waals surface area contributed by atoms with Gasteiger partial charge in [0.2, 0.25) is 0 Å². The van der Waals surface area contributed by atoms with Crippen molar-refractivity contribution < 1.29 is 54.1 Å². The van der Waals surface area contributed by atoms with Crippen LogP contribution in [-0.2, 0) is 4.79 Å². The normalized spacial score (nSPS) is 13.0. The van der Waals surface area contributed by atoms with Crippen LogP contribution >= 0.6 is 0 Å². The molecule has 3 rings (SSSR count). The molecule has 0 saturated heterocycles. The molecule has 0 amide bonds. The van der Waals surface area contributed by atoms with Gasteiger partial charge in [-0.05, 0) is 43.7 Å². The summed E-state index contributed by atoms with van der Waals surface area (Å²) in [6, 6.07) is 16.1. The Morgan fingerprint density at radius 3 is 2.28 bits per heavy atom. The zero-order chi connectivity index (χ0) is 22.5. The molecule has 2 aromatic carbocycles. The first kappa shape index (κ1) is 26.0. The molecule has 0 spiro atoms.